The number of amides is 2. The van der Waals surface area contributed by atoms with Gasteiger partial charge in [-0.1, -0.05) is 0 Å². The topological polar surface area (TPSA) is 49.9 Å². The predicted octanol–water partition coefficient (Wildman–Crippen LogP) is 2.63. The van der Waals surface area contributed by atoms with E-state index in [1.54, 1.807) is 29.9 Å². The SMILES string of the molecule is COc1ccc(N2CCN(C(=O)c3ccsc3)[C@@H](C)C2=O)cc1. The molecule has 0 aliphatic carbocycles. The molecule has 1 aromatic carbocycles. The summed E-state index contributed by atoms with van der Waals surface area (Å²) in [6, 6.07) is 8.70. The van der Waals surface area contributed by atoms with Crippen molar-refractivity contribution in [2.45, 2.75) is 13.0 Å². The van der Waals surface area contributed by atoms with E-state index in [1.807, 2.05) is 35.0 Å². The van der Waals surface area contributed by atoms with Gasteiger partial charge in [0.05, 0.1) is 12.7 Å². The largest absolute Gasteiger partial charge is 0.497 e. The minimum Gasteiger partial charge on any atom is -0.497 e. The standard InChI is InChI=1S/C17H18N2O3S/c1-12-16(20)19(14-3-5-15(22-2)6-4-14)9-8-18(12)17(21)13-7-10-23-11-13/h3-7,10-12H,8-9H2,1-2H3/t12-/m0/s1. The molecular formula is C17H18N2O3S. The van der Waals surface area contributed by atoms with Gasteiger partial charge in [-0.3, -0.25) is 9.59 Å². The zero-order valence-electron chi connectivity index (χ0n) is 13.1. The number of benzene rings is 1. The lowest BCUT2D eigenvalue weighted by Crippen LogP contribution is -2.57. The van der Waals surface area contributed by atoms with Crippen LogP contribution in [0.4, 0.5) is 5.69 Å². The van der Waals surface area contributed by atoms with Crippen LogP contribution in [0, 0.1) is 0 Å². The first-order valence-electron chi connectivity index (χ1n) is 7.40. The van der Waals surface area contributed by atoms with Crippen LogP contribution in [0.2, 0.25) is 0 Å². The summed E-state index contributed by atoms with van der Waals surface area (Å²) in [6.45, 7) is 2.79. The second-order valence-corrected chi connectivity index (χ2v) is 6.15. The van der Waals surface area contributed by atoms with Gasteiger partial charge in [0.2, 0.25) is 5.91 Å². The average Bonchev–Trinajstić information content (AvgIpc) is 3.11. The summed E-state index contributed by atoms with van der Waals surface area (Å²) in [7, 11) is 1.61. The van der Waals surface area contributed by atoms with Crippen molar-refractivity contribution >= 4 is 28.8 Å². The van der Waals surface area contributed by atoms with E-state index in [1.165, 1.54) is 11.3 Å². The third kappa shape index (κ3) is 2.94. The number of piperazine rings is 1. The van der Waals surface area contributed by atoms with Gasteiger partial charge >= 0.3 is 0 Å². The number of hydrogen-bond donors (Lipinski definition) is 0. The minimum absolute atomic E-state index is 0.0648. The summed E-state index contributed by atoms with van der Waals surface area (Å²) in [5, 5.41) is 3.68. The number of anilines is 1. The summed E-state index contributed by atoms with van der Waals surface area (Å²) in [5.41, 5.74) is 1.47. The van der Waals surface area contributed by atoms with E-state index in [4.69, 9.17) is 4.74 Å². The Morgan fingerprint density at radius 1 is 1.22 bits per heavy atom. The van der Waals surface area contributed by atoms with Gasteiger partial charge in [0.15, 0.2) is 0 Å². The first kappa shape index (κ1) is 15.6. The second kappa shape index (κ2) is 6.42. The van der Waals surface area contributed by atoms with E-state index in [0.29, 0.717) is 18.7 Å². The van der Waals surface area contributed by atoms with Crippen molar-refractivity contribution in [3.8, 4) is 5.75 Å². The van der Waals surface area contributed by atoms with Crippen LogP contribution < -0.4 is 9.64 Å². The Labute approximate surface area is 139 Å². The maximum absolute atomic E-state index is 12.7. The Balaban J connectivity index is 1.76. The summed E-state index contributed by atoms with van der Waals surface area (Å²) in [5.74, 6) is 0.604. The summed E-state index contributed by atoms with van der Waals surface area (Å²) in [6.07, 6.45) is 0. The molecule has 1 aliphatic heterocycles. The van der Waals surface area contributed by atoms with Gasteiger partial charge < -0.3 is 14.5 Å². The molecule has 1 aliphatic rings. The van der Waals surface area contributed by atoms with E-state index < -0.39 is 6.04 Å². The van der Waals surface area contributed by atoms with Crippen LogP contribution in [0.15, 0.2) is 41.1 Å². The van der Waals surface area contributed by atoms with Gasteiger partial charge in [0.25, 0.3) is 5.91 Å². The van der Waals surface area contributed by atoms with E-state index in [-0.39, 0.29) is 11.8 Å². The van der Waals surface area contributed by atoms with Crippen molar-refractivity contribution in [2.75, 3.05) is 25.1 Å². The highest BCUT2D eigenvalue weighted by Gasteiger charge is 2.35. The molecule has 2 aromatic rings. The van der Waals surface area contributed by atoms with Gasteiger partial charge in [-0.25, -0.2) is 0 Å². The van der Waals surface area contributed by atoms with E-state index in [2.05, 4.69) is 0 Å². The lowest BCUT2D eigenvalue weighted by molar-refractivity contribution is -0.124. The first-order valence-corrected chi connectivity index (χ1v) is 8.34. The smallest absolute Gasteiger partial charge is 0.255 e. The number of methoxy groups -OCH3 is 1. The molecule has 0 N–H and O–H groups in total. The Morgan fingerprint density at radius 3 is 2.57 bits per heavy atom. The fourth-order valence-corrected chi connectivity index (χ4v) is 3.35. The molecule has 120 valence electrons. The summed E-state index contributed by atoms with van der Waals surface area (Å²) < 4.78 is 5.14. The van der Waals surface area contributed by atoms with Crippen LogP contribution in [0.5, 0.6) is 5.75 Å². The molecular weight excluding hydrogens is 312 g/mol. The summed E-state index contributed by atoms with van der Waals surface area (Å²) >= 11 is 1.48. The Hall–Kier alpha value is -2.34. The molecule has 0 unspecified atom stereocenters. The third-order valence-corrected chi connectivity index (χ3v) is 4.75. The van der Waals surface area contributed by atoms with Crippen molar-refractivity contribution in [1.82, 2.24) is 4.90 Å². The number of hydrogen-bond acceptors (Lipinski definition) is 4. The van der Waals surface area contributed by atoms with Crippen LogP contribution in [0.25, 0.3) is 0 Å². The molecule has 2 heterocycles. The lowest BCUT2D eigenvalue weighted by Gasteiger charge is -2.39. The fraction of sp³-hybridized carbons (Fsp3) is 0.294. The maximum atomic E-state index is 12.7. The lowest BCUT2D eigenvalue weighted by atomic mass is 10.1. The number of nitrogens with zero attached hydrogens (tertiary/aromatic N) is 2. The number of rotatable bonds is 3. The molecule has 1 atom stereocenters. The molecule has 0 radical (unpaired) electrons. The summed E-state index contributed by atoms with van der Waals surface area (Å²) in [4.78, 5) is 28.5. The molecule has 0 bridgehead atoms. The van der Waals surface area contributed by atoms with E-state index in [0.717, 1.165) is 11.4 Å². The average molecular weight is 330 g/mol. The Kier molecular flexibility index (Phi) is 4.34. The molecule has 1 saturated heterocycles. The zero-order valence-corrected chi connectivity index (χ0v) is 13.9. The first-order chi connectivity index (χ1) is 11.1. The monoisotopic (exact) mass is 330 g/mol. The molecule has 3 rings (SSSR count). The quantitative estimate of drug-likeness (QED) is 0.869. The normalized spacial score (nSPS) is 18.2. The number of carbonyl (C=O) groups excluding carboxylic acids is 2. The molecule has 23 heavy (non-hydrogen) atoms. The van der Waals surface area contributed by atoms with Gasteiger partial charge in [-0.2, -0.15) is 11.3 Å². The van der Waals surface area contributed by atoms with Crippen LogP contribution in [0.3, 0.4) is 0 Å². The van der Waals surface area contributed by atoms with Crippen LogP contribution in [0.1, 0.15) is 17.3 Å². The Bertz CT molecular complexity index is 697. The van der Waals surface area contributed by atoms with Crippen molar-refractivity contribution in [1.29, 1.82) is 0 Å². The second-order valence-electron chi connectivity index (χ2n) is 5.37. The Morgan fingerprint density at radius 2 is 1.96 bits per heavy atom. The van der Waals surface area contributed by atoms with Crippen LogP contribution >= 0.6 is 11.3 Å². The molecule has 1 aromatic heterocycles. The van der Waals surface area contributed by atoms with Gasteiger partial charge in [0, 0.05) is 24.2 Å². The molecule has 6 heteroatoms. The fourth-order valence-electron chi connectivity index (χ4n) is 2.72. The highest BCUT2D eigenvalue weighted by Crippen LogP contribution is 2.24. The van der Waals surface area contributed by atoms with E-state index in [9.17, 15) is 9.59 Å². The highest BCUT2D eigenvalue weighted by molar-refractivity contribution is 7.08. The zero-order chi connectivity index (χ0) is 16.4. The van der Waals surface area contributed by atoms with E-state index >= 15 is 0 Å². The maximum Gasteiger partial charge on any atom is 0.255 e. The number of thiophene rings is 1. The number of ether oxygens (including phenoxy) is 1. The van der Waals surface area contributed by atoms with Crippen molar-refractivity contribution in [3.05, 3.63) is 46.7 Å². The van der Waals surface area contributed by atoms with Crippen LogP contribution in [-0.2, 0) is 4.79 Å². The number of carbonyl (C=O) groups is 2. The van der Waals surface area contributed by atoms with Gasteiger partial charge in [0.1, 0.15) is 11.8 Å². The molecule has 0 spiro atoms. The highest BCUT2D eigenvalue weighted by atomic mass is 32.1. The third-order valence-electron chi connectivity index (χ3n) is 4.07. The molecule has 0 saturated carbocycles. The predicted molar refractivity (Wildman–Crippen MR) is 90.2 cm³/mol. The van der Waals surface area contributed by atoms with Crippen molar-refractivity contribution < 1.29 is 14.3 Å². The molecule has 1 fully saturated rings. The molecule has 5 nitrogen and oxygen atoms in total. The minimum atomic E-state index is -0.474. The van der Waals surface area contributed by atoms with Crippen molar-refractivity contribution in [3.63, 3.8) is 0 Å². The van der Waals surface area contributed by atoms with Crippen molar-refractivity contribution in [2.24, 2.45) is 0 Å². The van der Waals surface area contributed by atoms with Crippen LogP contribution in [-0.4, -0.2) is 43.0 Å². The van der Waals surface area contributed by atoms with Gasteiger partial charge in [-0.05, 0) is 42.6 Å². The molecule has 2 amide bonds. The van der Waals surface area contributed by atoms with Gasteiger partial charge in [-0.15, -0.1) is 0 Å².